The number of anilines is 1. The minimum atomic E-state index is -1.28. The molecule has 1 fully saturated rings. The molecule has 1 saturated heterocycles. The van der Waals surface area contributed by atoms with Crippen LogP contribution >= 0.6 is 15.9 Å². The summed E-state index contributed by atoms with van der Waals surface area (Å²) in [7, 11) is 0. The molecule has 0 spiro atoms. The summed E-state index contributed by atoms with van der Waals surface area (Å²) >= 11 is 3.08. The van der Waals surface area contributed by atoms with Crippen LogP contribution in [-0.2, 0) is 19.1 Å². The second-order valence-electron chi connectivity index (χ2n) is 4.97. The van der Waals surface area contributed by atoms with Crippen LogP contribution in [0.25, 0.3) is 0 Å². The summed E-state index contributed by atoms with van der Waals surface area (Å²) in [6, 6.07) is 3.03. The summed E-state index contributed by atoms with van der Waals surface area (Å²) in [6.07, 6.45) is 1.18. The molecule has 7 heteroatoms. The van der Waals surface area contributed by atoms with E-state index in [0.717, 1.165) is 0 Å². The Bertz CT molecular complexity index is 609. The number of carbonyl (C=O) groups excluding carboxylic acids is 2. The van der Waals surface area contributed by atoms with E-state index in [-0.39, 0.29) is 15.9 Å². The van der Waals surface area contributed by atoms with E-state index in [0.29, 0.717) is 11.3 Å². The van der Waals surface area contributed by atoms with Gasteiger partial charge in [0.25, 0.3) is 5.79 Å². The van der Waals surface area contributed by atoms with Crippen LogP contribution in [0.3, 0.4) is 0 Å². The van der Waals surface area contributed by atoms with Crippen LogP contribution in [-0.4, -0.2) is 17.7 Å². The van der Waals surface area contributed by atoms with E-state index >= 15 is 0 Å². The summed E-state index contributed by atoms with van der Waals surface area (Å²) in [4.78, 5) is 23.5. The first-order valence-corrected chi connectivity index (χ1v) is 6.88. The summed E-state index contributed by atoms with van der Waals surface area (Å²) in [6.45, 7) is 4.53. The highest BCUT2D eigenvalue weighted by atomic mass is 79.9. The SMILES string of the molecule is Cc1cc(NC=C2C(=O)OC(C)(C)OC2=O)cc(Br)c1F. The number of halogens is 2. The fourth-order valence-corrected chi connectivity index (χ4v) is 2.30. The van der Waals surface area contributed by atoms with Crippen molar-refractivity contribution in [3.63, 3.8) is 0 Å². The van der Waals surface area contributed by atoms with Crippen LogP contribution in [0.15, 0.2) is 28.4 Å². The number of cyclic esters (lactones) is 2. The molecule has 0 amide bonds. The molecule has 0 saturated carbocycles. The second-order valence-corrected chi connectivity index (χ2v) is 5.82. The predicted molar refractivity (Wildman–Crippen MR) is 76.8 cm³/mol. The molecule has 0 atom stereocenters. The van der Waals surface area contributed by atoms with Gasteiger partial charge in [-0.1, -0.05) is 0 Å². The van der Waals surface area contributed by atoms with Crippen molar-refractivity contribution < 1.29 is 23.5 Å². The molecule has 0 aliphatic carbocycles. The average molecular weight is 358 g/mol. The number of rotatable bonds is 2. The third-order valence-electron chi connectivity index (χ3n) is 2.71. The van der Waals surface area contributed by atoms with Crippen molar-refractivity contribution in [1.29, 1.82) is 0 Å². The van der Waals surface area contributed by atoms with E-state index in [1.807, 2.05) is 0 Å². The molecule has 1 N–H and O–H groups in total. The predicted octanol–water partition coefficient (Wildman–Crippen LogP) is 3.03. The Hall–Kier alpha value is -1.89. The van der Waals surface area contributed by atoms with Crippen molar-refractivity contribution in [3.05, 3.63) is 39.8 Å². The number of hydrogen-bond donors (Lipinski definition) is 1. The molecular formula is C14H13BrFNO4. The Balaban J connectivity index is 2.22. The molecule has 1 heterocycles. The van der Waals surface area contributed by atoms with Crippen LogP contribution in [0.2, 0.25) is 0 Å². The van der Waals surface area contributed by atoms with Gasteiger partial charge in [0, 0.05) is 25.7 Å². The van der Waals surface area contributed by atoms with Crippen LogP contribution in [0.5, 0.6) is 0 Å². The van der Waals surface area contributed by atoms with Crippen molar-refractivity contribution in [1.82, 2.24) is 0 Å². The molecule has 1 aliphatic rings. The molecule has 0 unspecified atom stereocenters. The Kier molecular flexibility index (Phi) is 4.04. The third-order valence-corrected chi connectivity index (χ3v) is 3.29. The highest BCUT2D eigenvalue weighted by Crippen LogP contribution is 2.25. The first kappa shape index (κ1) is 15.5. The zero-order valence-electron chi connectivity index (χ0n) is 11.6. The van der Waals surface area contributed by atoms with Gasteiger partial charge >= 0.3 is 11.9 Å². The summed E-state index contributed by atoms with van der Waals surface area (Å²) in [5.41, 5.74) is 0.673. The summed E-state index contributed by atoms with van der Waals surface area (Å²) in [5.74, 6) is -3.20. The topological polar surface area (TPSA) is 64.6 Å². The fourth-order valence-electron chi connectivity index (χ4n) is 1.74. The first-order chi connectivity index (χ1) is 9.69. The Morgan fingerprint density at radius 3 is 2.33 bits per heavy atom. The first-order valence-electron chi connectivity index (χ1n) is 6.08. The van der Waals surface area contributed by atoms with Gasteiger partial charge in [-0.3, -0.25) is 0 Å². The van der Waals surface area contributed by atoms with Crippen LogP contribution in [0.1, 0.15) is 19.4 Å². The van der Waals surface area contributed by atoms with E-state index in [1.165, 1.54) is 26.1 Å². The molecule has 21 heavy (non-hydrogen) atoms. The molecule has 1 aromatic rings. The lowest BCUT2D eigenvalue weighted by Crippen LogP contribution is -2.42. The van der Waals surface area contributed by atoms with Crippen molar-refractivity contribution >= 4 is 33.6 Å². The summed E-state index contributed by atoms with van der Waals surface area (Å²) < 4.78 is 23.7. The monoisotopic (exact) mass is 357 g/mol. The molecule has 0 bridgehead atoms. The Morgan fingerprint density at radius 1 is 1.24 bits per heavy atom. The second kappa shape index (κ2) is 5.48. The van der Waals surface area contributed by atoms with Gasteiger partial charge in [0.2, 0.25) is 0 Å². The van der Waals surface area contributed by atoms with Crippen LogP contribution in [0, 0.1) is 12.7 Å². The van der Waals surface area contributed by atoms with Crippen molar-refractivity contribution in [2.45, 2.75) is 26.6 Å². The van der Waals surface area contributed by atoms with E-state index in [1.54, 1.807) is 13.0 Å². The quantitative estimate of drug-likeness (QED) is 0.500. The number of carbonyl (C=O) groups is 2. The van der Waals surface area contributed by atoms with Gasteiger partial charge in [0.05, 0.1) is 4.47 Å². The number of benzene rings is 1. The van der Waals surface area contributed by atoms with Gasteiger partial charge in [-0.05, 0) is 40.5 Å². The highest BCUT2D eigenvalue weighted by molar-refractivity contribution is 9.10. The standard InChI is InChI=1S/C14H13BrFNO4/c1-7-4-8(5-10(15)11(7)16)17-6-9-12(18)20-14(2,3)21-13(9)19/h4-6,17H,1-3H3. The molecule has 0 aromatic heterocycles. The van der Waals surface area contributed by atoms with Crippen molar-refractivity contribution in [2.75, 3.05) is 5.32 Å². The smallest absolute Gasteiger partial charge is 0.350 e. The third kappa shape index (κ3) is 3.41. The number of hydrogen-bond acceptors (Lipinski definition) is 5. The largest absolute Gasteiger partial charge is 0.419 e. The van der Waals surface area contributed by atoms with Crippen molar-refractivity contribution in [2.24, 2.45) is 0 Å². The van der Waals surface area contributed by atoms with Crippen LogP contribution < -0.4 is 5.32 Å². The van der Waals surface area contributed by atoms with E-state index in [2.05, 4.69) is 21.2 Å². The van der Waals surface area contributed by atoms with Gasteiger partial charge in [0.1, 0.15) is 5.82 Å². The van der Waals surface area contributed by atoms with E-state index < -0.39 is 17.7 Å². The molecule has 1 aromatic carbocycles. The molecule has 1 aliphatic heterocycles. The number of nitrogens with one attached hydrogen (secondary N) is 1. The summed E-state index contributed by atoms with van der Waals surface area (Å²) in [5, 5.41) is 2.75. The minimum absolute atomic E-state index is 0.257. The molecular weight excluding hydrogens is 345 g/mol. The lowest BCUT2D eigenvalue weighted by Gasteiger charge is -2.29. The molecule has 112 valence electrons. The van der Waals surface area contributed by atoms with Gasteiger partial charge in [-0.25, -0.2) is 14.0 Å². The highest BCUT2D eigenvalue weighted by Gasteiger charge is 2.38. The van der Waals surface area contributed by atoms with Gasteiger partial charge in [-0.2, -0.15) is 0 Å². The van der Waals surface area contributed by atoms with E-state index in [9.17, 15) is 14.0 Å². The molecule has 5 nitrogen and oxygen atoms in total. The Labute approximate surface area is 129 Å². The zero-order valence-corrected chi connectivity index (χ0v) is 13.2. The average Bonchev–Trinajstić information content (AvgIpc) is 2.33. The number of ether oxygens (including phenoxy) is 2. The minimum Gasteiger partial charge on any atom is -0.419 e. The van der Waals surface area contributed by atoms with Gasteiger partial charge in [-0.15, -0.1) is 0 Å². The lowest BCUT2D eigenvalue weighted by molar-refractivity contribution is -0.222. The van der Waals surface area contributed by atoms with Gasteiger partial charge in [0.15, 0.2) is 5.57 Å². The zero-order chi connectivity index (χ0) is 15.8. The molecule has 2 rings (SSSR count). The normalized spacial score (nSPS) is 17.1. The van der Waals surface area contributed by atoms with Crippen LogP contribution in [0.4, 0.5) is 10.1 Å². The van der Waals surface area contributed by atoms with E-state index in [4.69, 9.17) is 9.47 Å². The fraction of sp³-hybridized carbons (Fsp3) is 0.286. The molecule has 0 radical (unpaired) electrons. The number of esters is 2. The Morgan fingerprint density at radius 2 is 1.81 bits per heavy atom. The maximum Gasteiger partial charge on any atom is 0.350 e. The maximum absolute atomic E-state index is 13.5. The van der Waals surface area contributed by atoms with Gasteiger partial charge < -0.3 is 14.8 Å². The number of aryl methyl sites for hydroxylation is 1. The van der Waals surface area contributed by atoms with Crippen molar-refractivity contribution in [3.8, 4) is 0 Å². The maximum atomic E-state index is 13.5. The lowest BCUT2D eigenvalue weighted by atomic mass is 10.2.